The van der Waals surface area contributed by atoms with E-state index in [1.165, 1.54) is 0 Å². The van der Waals surface area contributed by atoms with Crippen LogP contribution in [0.25, 0.3) is 0 Å². The predicted octanol–water partition coefficient (Wildman–Crippen LogP) is 3.34. The van der Waals surface area contributed by atoms with Gasteiger partial charge in [0.05, 0.1) is 7.11 Å². The van der Waals surface area contributed by atoms with Gasteiger partial charge in [-0.15, -0.1) is 0 Å². The highest BCUT2D eigenvalue weighted by molar-refractivity contribution is 5.81. The van der Waals surface area contributed by atoms with E-state index in [9.17, 15) is 4.79 Å². The molecule has 0 N–H and O–H groups in total. The van der Waals surface area contributed by atoms with E-state index in [0.717, 1.165) is 36.8 Å². The molecule has 0 unspecified atom stereocenters. The van der Waals surface area contributed by atoms with E-state index < -0.39 is 0 Å². The van der Waals surface area contributed by atoms with Crippen LogP contribution in [0.15, 0.2) is 42.7 Å². The summed E-state index contributed by atoms with van der Waals surface area (Å²) >= 11 is 0. The second-order valence-corrected chi connectivity index (χ2v) is 7.33. The van der Waals surface area contributed by atoms with E-state index >= 15 is 0 Å². The molecule has 1 saturated carbocycles. The predicted molar refractivity (Wildman–Crippen MR) is 104 cm³/mol. The number of hydrogen-bond donors (Lipinski definition) is 0. The molecule has 148 valence electrons. The first-order chi connectivity index (χ1) is 13.7. The van der Waals surface area contributed by atoms with Crippen LogP contribution in [0.4, 0.5) is 0 Å². The van der Waals surface area contributed by atoms with Gasteiger partial charge in [-0.2, -0.15) is 0 Å². The van der Waals surface area contributed by atoms with E-state index in [-0.39, 0.29) is 12.0 Å². The minimum atomic E-state index is -0.277. The first-order valence-corrected chi connectivity index (χ1v) is 9.85. The van der Waals surface area contributed by atoms with Crippen molar-refractivity contribution in [2.75, 3.05) is 13.7 Å². The Kier molecular flexibility index (Phi) is 5.76. The number of ether oxygens (including phenoxy) is 3. The van der Waals surface area contributed by atoms with Gasteiger partial charge in [-0.25, -0.2) is 0 Å². The maximum absolute atomic E-state index is 12.9. The number of methoxy groups -OCH3 is 1. The molecule has 1 aliphatic carbocycles. The standard InChI is InChI=1S/C22H26N2O4/c1-26-19-7-4-17(13-21(19)28-15-16-8-10-23-11-9-16)14-24(18-5-6-18)22(25)20-3-2-12-27-20/h4,7-11,13,18,20H,2-3,5-6,12,14-15H2,1H3/t20-/m1/s1. The summed E-state index contributed by atoms with van der Waals surface area (Å²) in [6.07, 6.45) is 7.14. The Morgan fingerprint density at radius 1 is 1.14 bits per heavy atom. The monoisotopic (exact) mass is 382 g/mol. The molecule has 6 nitrogen and oxygen atoms in total. The summed E-state index contributed by atoms with van der Waals surface area (Å²) in [6, 6.07) is 10.0. The molecule has 1 saturated heterocycles. The van der Waals surface area contributed by atoms with Crippen molar-refractivity contribution in [1.29, 1.82) is 0 Å². The van der Waals surface area contributed by atoms with Crippen molar-refractivity contribution in [3.8, 4) is 11.5 Å². The Morgan fingerprint density at radius 3 is 2.64 bits per heavy atom. The van der Waals surface area contributed by atoms with E-state index in [4.69, 9.17) is 14.2 Å². The van der Waals surface area contributed by atoms with E-state index in [2.05, 4.69) is 4.98 Å². The molecule has 2 fully saturated rings. The van der Waals surface area contributed by atoms with Gasteiger partial charge in [-0.3, -0.25) is 9.78 Å². The lowest BCUT2D eigenvalue weighted by Crippen LogP contribution is -2.39. The van der Waals surface area contributed by atoms with Gasteiger partial charge in [0.1, 0.15) is 12.7 Å². The van der Waals surface area contributed by atoms with Crippen LogP contribution < -0.4 is 9.47 Å². The highest BCUT2D eigenvalue weighted by atomic mass is 16.5. The Morgan fingerprint density at radius 2 is 1.96 bits per heavy atom. The summed E-state index contributed by atoms with van der Waals surface area (Å²) in [4.78, 5) is 18.9. The van der Waals surface area contributed by atoms with Crippen LogP contribution in [0.5, 0.6) is 11.5 Å². The van der Waals surface area contributed by atoms with Crippen molar-refractivity contribution in [2.45, 2.75) is 51.0 Å². The Labute approximate surface area is 165 Å². The SMILES string of the molecule is COc1ccc(CN(C(=O)[C@H]2CCCO2)C2CC2)cc1OCc1ccncc1. The van der Waals surface area contributed by atoms with Gasteiger partial charge in [0, 0.05) is 31.6 Å². The molecule has 0 radical (unpaired) electrons. The van der Waals surface area contributed by atoms with Crippen LogP contribution in [0.3, 0.4) is 0 Å². The van der Waals surface area contributed by atoms with Crippen molar-refractivity contribution >= 4 is 5.91 Å². The molecule has 2 aliphatic rings. The summed E-state index contributed by atoms with van der Waals surface area (Å²) in [5, 5.41) is 0. The summed E-state index contributed by atoms with van der Waals surface area (Å²) in [6.45, 7) is 1.69. The largest absolute Gasteiger partial charge is 0.493 e. The van der Waals surface area contributed by atoms with Crippen LogP contribution in [0.1, 0.15) is 36.8 Å². The van der Waals surface area contributed by atoms with Gasteiger partial charge < -0.3 is 19.1 Å². The van der Waals surface area contributed by atoms with Crippen LogP contribution in [0, 0.1) is 0 Å². The number of rotatable bonds is 8. The average molecular weight is 382 g/mol. The summed E-state index contributed by atoms with van der Waals surface area (Å²) < 4.78 is 17.1. The molecule has 1 aliphatic heterocycles. The average Bonchev–Trinajstić information content (AvgIpc) is 3.43. The van der Waals surface area contributed by atoms with Gasteiger partial charge in [0.2, 0.25) is 0 Å². The zero-order valence-corrected chi connectivity index (χ0v) is 16.2. The molecule has 1 aromatic carbocycles. The van der Waals surface area contributed by atoms with E-state index in [1.807, 2.05) is 35.2 Å². The van der Waals surface area contributed by atoms with Gasteiger partial charge in [-0.05, 0) is 61.1 Å². The Hall–Kier alpha value is -2.60. The minimum Gasteiger partial charge on any atom is -0.493 e. The molecule has 2 heterocycles. The van der Waals surface area contributed by atoms with Crippen molar-refractivity contribution in [2.24, 2.45) is 0 Å². The smallest absolute Gasteiger partial charge is 0.252 e. The minimum absolute atomic E-state index is 0.120. The number of benzene rings is 1. The lowest BCUT2D eigenvalue weighted by molar-refractivity contribution is -0.142. The lowest BCUT2D eigenvalue weighted by atomic mass is 10.1. The first-order valence-electron chi connectivity index (χ1n) is 9.85. The molecule has 0 spiro atoms. The highest BCUT2D eigenvalue weighted by Crippen LogP contribution is 2.33. The number of carbonyl (C=O) groups excluding carboxylic acids is 1. The van der Waals surface area contributed by atoms with Crippen molar-refractivity contribution in [3.63, 3.8) is 0 Å². The van der Waals surface area contributed by atoms with Crippen LogP contribution in [-0.2, 0) is 22.7 Å². The zero-order valence-electron chi connectivity index (χ0n) is 16.2. The maximum Gasteiger partial charge on any atom is 0.252 e. The molecule has 0 bridgehead atoms. The second-order valence-electron chi connectivity index (χ2n) is 7.33. The number of nitrogens with zero attached hydrogens (tertiary/aromatic N) is 2. The molecular formula is C22H26N2O4. The second kappa shape index (κ2) is 8.61. The highest BCUT2D eigenvalue weighted by Gasteiger charge is 2.37. The Balaban J connectivity index is 1.48. The van der Waals surface area contributed by atoms with Gasteiger partial charge in [-0.1, -0.05) is 6.07 Å². The van der Waals surface area contributed by atoms with Gasteiger partial charge in [0.25, 0.3) is 5.91 Å². The molecule has 28 heavy (non-hydrogen) atoms. The van der Waals surface area contributed by atoms with Crippen molar-refractivity contribution in [1.82, 2.24) is 9.88 Å². The Bertz CT molecular complexity index is 801. The van der Waals surface area contributed by atoms with Crippen molar-refractivity contribution in [3.05, 3.63) is 53.9 Å². The third kappa shape index (κ3) is 4.44. The van der Waals surface area contributed by atoms with E-state index in [1.54, 1.807) is 19.5 Å². The summed E-state index contributed by atoms with van der Waals surface area (Å²) in [7, 11) is 1.63. The number of amides is 1. The topological polar surface area (TPSA) is 60.9 Å². The maximum atomic E-state index is 12.9. The van der Waals surface area contributed by atoms with Gasteiger partial charge in [0.15, 0.2) is 11.5 Å². The zero-order chi connectivity index (χ0) is 19.3. The van der Waals surface area contributed by atoms with Crippen molar-refractivity contribution < 1.29 is 19.0 Å². The third-order valence-corrected chi connectivity index (χ3v) is 5.20. The normalized spacial score (nSPS) is 18.7. The molecule has 1 atom stereocenters. The molecule has 2 aromatic rings. The quantitative estimate of drug-likeness (QED) is 0.701. The fourth-order valence-electron chi connectivity index (χ4n) is 3.50. The fourth-order valence-corrected chi connectivity index (χ4v) is 3.50. The number of pyridine rings is 1. The number of aromatic nitrogens is 1. The molecule has 6 heteroatoms. The molecule has 4 rings (SSSR count). The first kappa shape index (κ1) is 18.7. The molecular weight excluding hydrogens is 356 g/mol. The van der Waals surface area contributed by atoms with Gasteiger partial charge >= 0.3 is 0 Å². The lowest BCUT2D eigenvalue weighted by Gasteiger charge is -2.25. The number of carbonyl (C=O) groups is 1. The van der Waals surface area contributed by atoms with Crippen LogP contribution >= 0.6 is 0 Å². The third-order valence-electron chi connectivity index (χ3n) is 5.20. The molecule has 1 aromatic heterocycles. The van der Waals surface area contributed by atoms with E-state index in [0.29, 0.717) is 37.3 Å². The molecule has 1 amide bonds. The number of hydrogen-bond acceptors (Lipinski definition) is 5. The van der Waals surface area contributed by atoms with Crippen LogP contribution in [0.2, 0.25) is 0 Å². The van der Waals surface area contributed by atoms with Crippen LogP contribution in [-0.4, -0.2) is 41.7 Å². The summed E-state index contributed by atoms with van der Waals surface area (Å²) in [5.74, 6) is 1.48. The summed E-state index contributed by atoms with van der Waals surface area (Å²) in [5.41, 5.74) is 2.07. The fraction of sp³-hybridized carbons (Fsp3) is 0.455.